The minimum atomic E-state index is -1.00. The average Bonchev–Trinajstić information content (AvgIpc) is 1.54. The molecule has 4 spiro atoms. The molecule has 16 nitrogen and oxygen atoms in total. The first-order valence-corrected chi connectivity index (χ1v) is 32.6. The minimum absolute atomic E-state index is 0.0160. The SMILES string of the molecule is CC1(C)CCC2(CC1)C[C@@H](C(=O)CC1CCC(c3nnco3)CC1)[C@H](c1ccnc(Cl)c1)[C@]21C(=O)Nc2cc(Cl)ccc21.CC1(C)CCC2(CC1)C[C@@H](C(=O)O)[C@H](c1ccnc(Cl)c1)[C@]21C(=O)Nc2cc(Cl)ccc21.NC1CCC(c2nnco2)CC1. The maximum atomic E-state index is 14.6. The van der Waals surface area contributed by atoms with Gasteiger partial charge in [0.2, 0.25) is 36.4 Å². The zero-order valence-corrected chi connectivity index (χ0v) is 52.8. The maximum absolute atomic E-state index is 14.6. The van der Waals surface area contributed by atoms with E-state index in [1.165, 1.54) is 12.8 Å². The van der Waals surface area contributed by atoms with E-state index in [0.717, 1.165) is 137 Å². The number of fused-ring (bicyclic) bond motifs is 6. The van der Waals surface area contributed by atoms with E-state index in [1.807, 2.05) is 36.4 Å². The number of ketones is 1. The molecule has 6 aromatic rings. The van der Waals surface area contributed by atoms with Gasteiger partial charge in [-0.15, -0.1) is 20.4 Å². The van der Waals surface area contributed by atoms with Gasteiger partial charge in [0.25, 0.3) is 0 Å². The molecule has 2 aromatic carbocycles. The van der Waals surface area contributed by atoms with Crippen LogP contribution in [0.15, 0.2) is 94.7 Å². The van der Waals surface area contributed by atoms with Crippen molar-refractivity contribution in [2.45, 2.75) is 190 Å². The highest BCUT2D eigenvalue weighted by molar-refractivity contribution is 6.32. The Morgan fingerprint density at radius 3 is 1.43 bits per heavy atom. The second kappa shape index (κ2) is 23.9. The number of halogens is 4. The summed E-state index contributed by atoms with van der Waals surface area (Å²) in [7, 11) is 0. The summed E-state index contributed by atoms with van der Waals surface area (Å²) in [6, 6.07) is 19.0. The molecule has 6 fully saturated rings. The van der Waals surface area contributed by atoms with Gasteiger partial charge in [-0.2, -0.15) is 0 Å². The van der Waals surface area contributed by atoms with Crippen LogP contribution < -0.4 is 16.4 Å². The van der Waals surface area contributed by atoms with E-state index < -0.39 is 34.1 Å². The molecule has 0 unspecified atom stereocenters. The predicted molar refractivity (Wildman–Crippen MR) is 333 cm³/mol. The Labute approximate surface area is 528 Å². The van der Waals surface area contributed by atoms with Gasteiger partial charge < -0.3 is 30.3 Å². The first-order chi connectivity index (χ1) is 41.6. The summed E-state index contributed by atoms with van der Waals surface area (Å²) in [5, 5.41) is 34.0. The van der Waals surface area contributed by atoms with Crippen LogP contribution in [0.25, 0.3) is 0 Å². The third-order valence-electron chi connectivity index (χ3n) is 22.3. The van der Waals surface area contributed by atoms with E-state index in [4.69, 9.17) is 61.0 Å². The van der Waals surface area contributed by atoms with Crippen LogP contribution in [0.5, 0.6) is 0 Å². The fraction of sp³-hybridized carbons (Fsp3) is 0.552. The van der Waals surface area contributed by atoms with Crippen molar-refractivity contribution in [3.05, 3.63) is 140 Å². The number of carbonyl (C=O) groups excluding carboxylic acids is 3. The highest BCUT2D eigenvalue weighted by Gasteiger charge is 2.74. The third kappa shape index (κ3) is 11.1. The van der Waals surface area contributed by atoms with Crippen molar-refractivity contribution >= 4 is 81.3 Å². The molecular formula is C67H77Cl4N9O7. The van der Waals surface area contributed by atoms with Crippen LogP contribution in [0, 0.1) is 39.4 Å². The number of hydrogen-bond donors (Lipinski definition) is 4. The van der Waals surface area contributed by atoms with Crippen LogP contribution in [0.2, 0.25) is 20.4 Å². The summed E-state index contributed by atoms with van der Waals surface area (Å²) < 4.78 is 10.6. The van der Waals surface area contributed by atoms with Crippen LogP contribution in [-0.4, -0.2) is 65.1 Å². The predicted octanol–water partition coefficient (Wildman–Crippen LogP) is 15.4. The Balaban J connectivity index is 0.000000146. The van der Waals surface area contributed by atoms with Crippen molar-refractivity contribution in [3.8, 4) is 0 Å². The fourth-order valence-electron chi connectivity index (χ4n) is 17.8. The number of benzene rings is 2. The topological polar surface area (TPSA) is 242 Å². The maximum Gasteiger partial charge on any atom is 0.307 e. The second-order valence-corrected chi connectivity index (χ2v) is 29.7. The Kier molecular flexibility index (Phi) is 16.9. The van der Waals surface area contributed by atoms with Crippen molar-refractivity contribution in [1.29, 1.82) is 0 Å². The molecule has 6 atom stereocenters. The molecule has 6 heterocycles. The van der Waals surface area contributed by atoms with Crippen molar-refractivity contribution in [3.63, 3.8) is 0 Å². The number of nitrogens with one attached hydrogen (secondary N) is 2. The molecular weight excluding hydrogens is 1180 g/mol. The molecule has 2 aliphatic heterocycles. The Morgan fingerprint density at radius 2 is 1.01 bits per heavy atom. The van der Waals surface area contributed by atoms with Crippen LogP contribution in [-0.2, 0) is 30.0 Å². The number of aromatic nitrogens is 6. The molecule has 6 saturated carbocycles. The van der Waals surface area contributed by atoms with E-state index in [9.17, 15) is 24.3 Å². The van der Waals surface area contributed by atoms with Gasteiger partial charge in [-0.3, -0.25) is 19.2 Å². The van der Waals surface area contributed by atoms with E-state index in [0.29, 0.717) is 69.1 Å². The summed E-state index contributed by atoms with van der Waals surface area (Å²) in [6.07, 6.45) is 23.1. The normalized spacial score (nSPS) is 30.4. The first kappa shape index (κ1) is 61.5. The smallest absolute Gasteiger partial charge is 0.307 e. The number of nitrogens with two attached hydrogens (primary N) is 1. The molecule has 6 aliphatic carbocycles. The van der Waals surface area contributed by atoms with E-state index in [-0.39, 0.29) is 51.6 Å². The second-order valence-electron chi connectivity index (χ2n) is 28.1. The van der Waals surface area contributed by atoms with Gasteiger partial charge >= 0.3 is 5.97 Å². The van der Waals surface area contributed by atoms with Crippen molar-refractivity contribution in [2.75, 3.05) is 10.6 Å². The summed E-state index contributed by atoms with van der Waals surface area (Å²) in [5.74, 6) is -0.182. The number of Topliss-reactive ketones (excluding diaryl/α,β-unsaturated/α-hetero) is 1. The molecule has 460 valence electrons. The number of carboxylic acids is 1. The third-order valence-corrected chi connectivity index (χ3v) is 23.2. The van der Waals surface area contributed by atoms with Gasteiger partial charge in [-0.25, -0.2) is 9.97 Å². The van der Waals surface area contributed by atoms with Crippen LogP contribution >= 0.6 is 46.4 Å². The highest BCUT2D eigenvalue weighted by Crippen LogP contribution is 2.74. The number of anilines is 2. The zero-order chi connectivity index (χ0) is 61.3. The molecule has 20 heteroatoms. The van der Waals surface area contributed by atoms with Gasteiger partial charge in [-0.1, -0.05) is 86.2 Å². The summed E-state index contributed by atoms with van der Waals surface area (Å²) in [5.41, 5.74) is 8.35. The van der Waals surface area contributed by atoms with Gasteiger partial charge in [0.15, 0.2) is 0 Å². The Bertz CT molecular complexity index is 3530. The molecule has 5 N–H and O–H groups in total. The summed E-state index contributed by atoms with van der Waals surface area (Å²) in [6.45, 7) is 9.13. The lowest BCUT2D eigenvalue weighted by atomic mass is 9.51. The van der Waals surface area contributed by atoms with Crippen molar-refractivity contribution < 1.29 is 33.1 Å². The highest BCUT2D eigenvalue weighted by atomic mass is 35.5. The first-order valence-electron chi connectivity index (χ1n) is 31.1. The van der Waals surface area contributed by atoms with Crippen molar-refractivity contribution in [2.24, 2.45) is 45.1 Å². The van der Waals surface area contributed by atoms with Gasteiger partial charge in [-0.05, 0) is 214 Å². The number of hydrogen-bond acceptors (Lipinski definition) is 13. The van der Waals surface area contributed by atoms with Gasteiger partial charge in [0, 0.05) is 75.9 Å². The minimum Gasteiger partial charge on any atom is -0.481 e. The Hall–Kier alpha value is -5.78. The number of rotatable bonds is 8. The molecule has 2 amide bonds. The number of amides is 2. The molecule has 0 saturated heterocycles. The van der Waals surface area contributed by atoms with Crippen LogP contribution in [0.4, 0.5) is 11.4 Å². The number of carbonyl (C=O) groups is 4. The molecule has 0 radical (unpaired) electrons. The lowest BCUT2D eigenvalue weighted by Gasteiger charge is -2.51. The summed E-state index contributed by atoms with van der Waals surface area (Å²) >= 11 is 25.4. The van der Waals surface area contributed by atoms with Gasteiger partial charge in [0.1, 0.15) is 16.1 Å². The zero-order valence-electron chi connectivity index (χ0n) is 49.8. The fourth-order valence-corrected chi connectivity index (χ4v) is 18.5. The Morgan fingerprint density at radius 1 is 0.586 bits per heavy atom. The number of pyridine rings is 2. The number of aliphatic carboxylic acids is 1. The molecule has 14 rings (SSSR count). The molecule has 0 bridgehead atoms. The van der Waals surface area contributed by atoms with Crippen LogP contribution in [0.1, 0.15) is 207 Å². The van der Waals surface area contributed by atoms with E-state index in [2.05, 4.69) is 68.7 Å². The molecule has 8 aliphatic rings. The summed E-state index contributed by atoms with van der Waals surface area (Å²) in [4.78, 5) is 64.3. The lowest BCUT2D eigenvalue weighted by Crippen LogP contribution is -2.52. The molecule has 87 heavy (non-hydrogen) atoms. The van der Waals surface area contributed by atoms with E-state index in [1.54, 1.807) is 36.7 Å². The standard InChI is InChI=1S/C34H38Cl2N4O3.C25H26Cl2N2O3.C8H13N3O/c1-32(2)10-12-33(13-11-32)18-24(27(41)15-20-3-5-21(6-4-20)30-40-38-19-43-30)29(22-9-14-37-28(36)16-22)34(33)25-8-7-23(35)17-26(25)39-31(34)42;1-23(2)6-8-24(9-7-23)13-16(21(30)31)20(14-5-10-28-19(27)11-14)25(24)17-4-3-15(26)12-18(17)29-22(25)32;9-7-3-1-6(2-4-7)8-11-10-5-12-8/h7-9,14,16-17,19-21,24,29H,3-6,10-13,15,18H2,1-2H3,(H,39,42);3-5,10-12,16,20H,6-9,13H2,1-2H3,(H,29,32)(H,30,31);5-7H,1-4,9H2/t20?,21?,24-,29-,34+;16-,20+,25-;/m01./s1. The monoisotopic (exact) mass is 1260 g/mol. The number of nitrogens with zero attached hydrogens (tertiary/aromatic N) is 6. The van der Waals surface area contributed by atoms with Crippen molar-refractivity contribution in [1.82, 2.24) is 30.4 Å². The van der Waals surface area contributed by atoms with Gasteiger partial charge in [0.05, 0.1) is 16.7 Å². The molecule has 4 aromatic heterocycles. The average molecular weight is 1260 g/mol. The number of carboxylic acid groups (broad SMARTS) is 1. The van der Waals surface area contributed by atoms with Crippen LogP contribution in [0.3, 0.4) is 0 Å². The lowest BCUT2D eigenvalue weighted by molar-refractivity contribution is -0.142. The van der Waals surface area contributed by atoms with E-state index >= 15 is 0 Å². The largest absolute Gasteiger partial charge is 0.481 e. The quantitative estimate of drug-likeness (QED) is 0.104.